The fraction of sp³-hybridized carbons (Fsp3) is 0.269. The minimum Gasteiger partial charge on any atom is -0.489 e. The number of hydrogen-bond acceptors (Lipinski definition) is 4. The van der Waals surface area contributed by atoms with Gasteiger partial charge in [0.25, 0.3) is 0 Å². The smallest absolute Gasteiger partial charge is 0.417 e. The van der Waals surface area contributed by atoms with E-state index in [0.717, 1.165) is 47.1 Å². The minimum atomic E-state index is -4.52. The van der Waals surface area contributed by atoms with E-state index in [2.05, 4.69) is 0 Å². The summed E-state index contributed by atoms with van der Waals surface area (Å²) in [7, 11) is 0. The second-order valence-corrected chi connectivity index (χ2v) is 9.51. The summed E-state index contributed by atoms with van der Waals surface area (Å²) in [5, 5.41) is 8.53. The van der Waals surface area contributed by atoms with Crippen LogP contribution in [-0.4, -0.2) is 17.7 Å². The molecule has 0 fully saturated rings. The number of halogens is 4. The molecule has 9 heteroatoms. The number of carbonyl (C=O) groups is 1. The van der Waals surface area contributed by atoms with E-state index in [1.165, 1.54) is 17.7 Å². The number of benzene rings is 3. The van der Waals surface area contributed by atoms with Crippen LogP contribution in [0.3, 0.4) is 0 Å². The molecule has 0 unspecified atom stereocenters. The third kappa shape index (κ3) is 6.44. The van der Waals surface area contributed by atoms with Crippen LogP contribution in [0.1, 0.15) is 34.2 Å². The molecule has 4 nitrogen and oxygen atoms in total. The lowest BCUT2D eigenvalue weighted by molar-refractivity contribution is -0.139. The van der Waals surface area contributed by atoms with Gasteiger partial charge < -0.3 is 14.6 Å². The van der Waals surface area contributed by atoms with Crippen molar-refractivity contribution >= 4 is 29.3 Å². The quantitative estimate of drug-likeness (QED) is 0.302. The van der Waals surface area contributed by atoms with Crippen molar-refractivity contribution in [2.75, 3.05) is 6.61 Å². The Morgan fingerprint density at radius 3 is 2.40 bits per heavy atom. The van der Waals surface area contributed by atoms with Crippen molar-refractivity contribution in [3.8, 4) is 11.5 Å². The monoisotopic (exact) mass is 522 g/mol. The van der Waals surface area contributed by atoms with Crippen molar-refractivity contribution < 1.29 is 32.5 Å². The van der Waals surface area contributed by atoms with Crippen LogP contribution < -0.4 is 9.47 Å². The second kappa shape index (κ2) is 10.8. The Kier molecular flexibility index (Phi) is 7.82. The number of hydrogen-bond donors (Lipinski definition) is 1. The van der Waals surface area contributed by atoms with E-state index in [1.807, 2.05) is 24.3 Å². The molecule has 0 spiro atoms. The van der Waals surface area contributed by atoms with E-state index in [-0.39, 0.29) is 18.2 Å². The van der Waals surface area contributed by atoms with Gasteiger partial charge >= 0.3 is 12.1 Å². The molecule has 0 heterocycles. The summed E-state index contributed by atoms with van der Waals surface area (Å²) in [5.41, 5.74) is 2.90. The van der Waals surface area contributed by atoms with E-state index in [4.69, 9.17) is 26.2 Å². The Labute approximate surface area is 210 Å². The van der Waals surface area contributed by atoms with E-state index >= 15 is 0 Å². The third-order valence-corrected chi connectivity index (χ3v) is 7.11. The van der Waals surface area contributed by atoms with Crippen molar-refractivity contribution in [3.63, 3.8) is 0 Å². The minimum absolute atomic E-state index is 0.00319. The first-order valence-electron chi connectivity index (χ1n) is 10.9. The Hall–Kier alpha value is -2.84. The molecule has 35 heavy (non-hydrogen) atoms. The zero-order chi connectivity index (χ0) is 25.0. The normalized spacial score (nSPS) is 12.9. The molecule has 0 aromatic heterocycles. The fourth-order valence-corrected chi connectivity index (χ4v) is 5.24. The predicted molar refractivity (Wildman–Crippen MR) is 128 cm³/mol. The lowest BCUT2D eigenvalue weighted by atomic mass is 10.1. The van der Waals surface area contributed by atoms with Crippen LogP contribution in [0.5, 0.6) is 11.5 Å². The van der Waals surface area contributed by atoms with Gasteiger partial charge in [0.1, 0.15) is 18.1 Å². The fourth-order valence-electron chi connectivity index (χ4n) is 3.94. The molecule has 1 aliphatic carbocycles. The first kappa shape index (κ1) is 25.3. The first-order valence-corrected chi connectivity index (χ1v) is 12.3. The summed E-state index contributed by atoms with van der Waals surface area (Å²) in [4.78, 5) is 12.0. The van der Waals surface area contributed by atoms with Crippen molar-refractivity contribution in [1.82, 2.24) is 0 Å². The van der Waals surface area contributed by atoms with Gasteiger partial charge in [-0.25, -0.2) is 4.79 Å². The molecule has 0 amide bonds. The van der Waals surface area contributed by atoms with Crippen LogP contribution in [0.2, 0.25) is 5.02 Å². The Morgan fingerprint density at radius 1 is 0.971 bits per heavy atom. The number of thioether (sulfide) groups is 1. The van der Waals surface area contributed by atoms with Gasteiger partial charge in [-0.15, -0.1) is 11.8 Å². The molecule has 0 saturated heterocycles. The maximum Gasteiger partial charge on any atom is 0.417 e. The zero-order valence-corrected chi connectivity index (χ0v) is 20.1. The highest BCUT2D eigenvalue weighted by atomic mass is 35.5. The van der Waals surface area contributed by atoms with E-state index in [0.29, 0.717) is 17.1 Å². The molecule has 0 radical (unpaired) electrons. The van der Waals surface area contributed by atoms with Gasteiger partial charge in [0.2, 0.25) is 0 Å². The molecule has 0 bridgehead atoms. The molecule has 0 aliphatic heterocycles. The molecule has 1 aliphatic rings. The van der Waals surface area contributed by atoms with Gasteiger partial charge in [0, 0.05) is 10.6 Å². The van der Waals surface area contributed by atoms with Crippen LogP contribution >= 0.6 is 23.4 Å². The van der Waals surface area contributed by atoms with Gasteiger partial charge in [-0.05, 0) is 77.9 Å². The van der Waals surface area contributed by atoms with Crippen molar-refractivity contribution in [2.24, 2.45) is 0 Å². The number of fused-ring (bicyclic) bond motifs is 1. The van der Waals surface area contributed by atoms with Crippen LogP contribution in [0.15, 0.2) is 59.5 Å². The standard InChI is InChI=1S/C26H22ClF3O4S/c27-22-9-6-17(12-21(22)26(28,29)30)13-33-18-7-4-16(5-8-18)15-35-24-11-10-23(34-14-25(31)32)19-2-1-3-20(19)24/h4-12H,1-3,13-15H2,(H,31,32). The third-order valence-electron chi connectivity index (χ3n) is 5.61. The molecular weight excluding hydrogens is 501 g/mol. The van der Waals surface area contributed by atoms with E-state index in [1.54, 1.807) is 23.9 Å². The highest BCUT2D eigenvalue weighted by Crippen LogP contribution is 2.39. The predicted octanol–water partition coefficient (Wildman–Crippen LogP) is 7.18. The molecule has 3 aromatic carbocycles. The Bertz CT molecular complexity index is 1210. The van der Waals surface area contributed by atoms with E-state index < -0.39 is 17.7 Å². The van der Waals surface area contributed by atoms with Crippen LogP contribution in [0.4, 0.5) is 13.2 Å². The van der Waals surface area contributed by atoms with Gasteiger partial charge in [-0.3, -0.25) is 0 Å². The average molecular weight is 523 g/mol. The van der Waals surface area contributed by atoms with Gasteiger partial charge in [-0.2, -0.15) is 13.2 Å². The Morgan fingerprint density at radius 2 is 1.69 bits per heavy atom. The number of alkyl halides is 3. The summed E-state index contributed by atoms with van der Waals surface area (Å²) in [5.74, 6) is 0.937. The van der Waals surface area contributed by atoms with Crippen LogP contribution in [0.25, 0.3) is 0 Å². The second-order valence-electron chi connectivity index (χ2n) is 8.09. The maximum absolute atomic E-state index is 13.0. The summed E-state index contributed by atoms with van der Waals surface area (Å²) in [6.07, 6.45) is -1.68. The zero-order valence-electron chi connectivity index (χ0n) is 18.5. The number of carboxylic acid groups (broad SMARTS) is 1. The molecule has 1 N–H and O–H groups in total. The highest BCUT2D eigenvalue weighted by molar-refractivity contribution is 7.98. The van der Waals surface area contributed by atoms with Gasteiger partial charge in [-0.1, -0.05) is 29.8 Å². The number of rotatable bonds is 9. The summed E-state index contributed by atoms with van der Waals surface area (Å²) >= 11 is 7.36. The molecular formula is C26H22ClF3O4S. The van der Waals surface area contributed by atoms with Crippen molar-refractivity contribution in [2.45, 2.75) is 42.7 Å². The number of aliphatic carboxylic acids is 1. The summed E-state index contributed by atoms with van der Waals surface area (Å²) in [6, 6.07) is 15.0. The van der Waals surface area contributed by atoms with Crippen LogP contribution in [-0.2, 0) is 36.2 Å². The van der Waals surface area contributed by atoms with Gasteiger partial charge in [0.05, 0.1) is 10.6 Å². The van der Waals surface area contributed by atoms with Crippen molar-refractivity contribution in [3.05, 3.63) is 87.4 Å². The SMILES string of the molecule is O=C(O)COc1ccc(SCc2ccc(OCc3ccc(Cl)c(C(F)(F)F)c3)cc2)c2c1CCC2. The maximum atomic E-state index is 13.0. The lowest BCUT2D eigenvalue weighted by Crippen LogP contribution is -2.10. The summed E-state index contributed by atoms with van der Waals surface area (Å²) in [6.45, 7) is -0.356. The first-order chi connectivity index (χ1) is 16.7. The van der Waals surface area contributed by atoms with Crippen LogP contribution in [0, 0.1) is 0 Å². The lowest BCUT2D eigenvalue weighted by Gasteiger charge is -2.13. The topological polar surface area (TPSA) is 55.8 Å². The van der Waals surface area contributed by atoms with Crippen molar-refractivity contribution in [1.29, 1.82) is 0 Å². The number of ether oxygens (including phenoxy) is 2. The largest absolute Gasteiger partial charge is 0.489 e. The average Bonchev–Trinajstić information content (AvgIpc) is 3.31. The Balaban J connectivity index is 1.35. The molecule has 0 saturated carbocycles. The molecule has 0 atom stereocenters. The highest BCUT2D eigenvalue weighted by Gasteiger charge is 2.33. The van der Waals surface area contributed by atoms with Gasteiger partial charge in [0.15, 0.2) is 6.61 Å². The number of carboxylic acids is 1. The summed E-state index contributed by atoms with van der Waals surface area (Å²) < 4.78 is 50.2. The van der Waals surface area contributed by atoms with E-state index in [9.17, 15) is 18.0 Å². The molecule has 3 aromatic rings. The molecule has 4 rings (SSSR count). The molecule has 184 valence electrons.